The molecule has 0 amide bonds. The van der Waals surface area contributed by atoms with Crippen molar-refractivity contribution >= 4 is 11.6 Å². The molecule has 0 fully saturated rings. The van der Waals surface area contributed by atoms with Crippen LogP contribution in [0.1, 0.15) is 38.7 Å². The lowest BCUT2D eigenvalue weighted by Gasteiger charge is -2.13. The largest absolute Gasteiger partial charge is 0.497 e. The molecule has 0 saturated carbocycles. The highest BCUT2D eigenvalue weighted by atomic mass is 35.5. The second kappa shape index (κ2) is 9.22. The van der Waals surface area contributed by atoms with Crippen molar-refractivity contribution in [2.24, 2.45) is 5.92 Å². The highest BCUT2D eigenvalue weighted by Gasteiger charge is 2.06. The molecule has 1 aromatic carbocycles. The molecule has 1 aromatic rings. The van der Waals surface area contributed by atoms with Crippen molar-refractivity contribution in [3.8, 4) is 5.75 Å². The summed E-state index contributed by atoms with van der Waals surface area (Å²) in [6, 6.07) is 5.95. The van der Waals surface area contributed by atoms with Crippen LogP contribution in [0, 0.1) is 5.92 Å². The minimum Gasteiger partial charge on any atom is -0.497 e. The monoisotopic (exact) mass is 283 g/mol. The van der Waals surface area contributed by atoms with Gasteiger partial charge in [-0.15, -0.1) is 0 Å². The maximum Gasteiger partial charge on any atom is 0.120 e. The maximum atomic E-state index is 6.24. The Morgan fingerprint density at radius 3 is 2.68 bits per heavy atom. The van der Waals surface area contributed by atoms with E-state index in [0.29, 0.717) is 0 Å². The molecular weight excluding hydrogens is 258 g/mol. The van der Waals surface area contributed by atoms with Gasteiger partial charge in [-0.25, -0.2) is 0 Å². The average Bonchev–Trinajstić information content (AvgIpc) is 2.42. The van der Waals surface area contributed by atoms with Crippen molar-refractivity contribution in [2.75, 3.05) is 20.2 Å². The van der Waals surface area contributed by atoms with Crippen LogP contribution < -0.4 is 10.1 Å². The van der Waals surface area contributed by atoms with E-state index in [1.54, 1.807) is 7.11 Å². The molecule has 3 heteroatoms. The predicted molar refractivity (Wildman–Crippen MR) is 83.3 cm³/mol. The first-order chi connectivity index (χ1) is 9.17. The quantitative estimate of drug-likeness (QED) is 0.682. The third kappa shape index (κ3) is 6.31. The van der Waals surface area contributed by atoms with Crippen LogP contribution >= 0.6 is 11.6 Å². The number of ether oxygens (including phenoxy) is 1. The van der Waals surface area contributed by atoms with Crippen LogP contribution in [-0.4, -0.2) is 20.2 Å². The Labute approximate surface area is 122 Å². The van der Waals surface area contributed by atoms with Crippen LogP contribution in [0.5, 0.6) is 5.75 Å². The molecule has 0 aliphatic rings. The van der Waals surface area contributed by atoms with Gasteiger partial charge in [0, 0.05) is 5.02 Å². The van der Waals surface area contributed by atoms with E-state index in [1.807, 2.05) is 12.1 Å². The molecule has 0 radical (unpaired) electrons. The summed E-state index contributed by atoms with van der Waals surface area (Å²) in [6.45, 7) is 6.75. The van der Waals surface area contributed by atoms with Crippen molar-refractivity contribution in [3.63, 3.8) is 0 Å². The highest BCUT2D eigenvalue weighted by molar-refractivity contribution is 6.31. The Balaban J connectivity index is 2.31. The van der Waals surface area contributed by atoms with E-state index in [4.69, 9.17) is 16.3 Å². The lowest BCUT2D eigenvalue weighted by molar-refractivity contribution is 0.414. The topological polar surface area (TPSA) is 21.3 Å². The zero-order chi connectivity index (χ0) is 14.1. The Morgan fingerprint density at radius 1 is 1.26 bits per heavy atom. The third-order valence-corrected chi connectivity index (χ3v) is 3.76. The smallest absolute Gasteiger partial charge is 0.120 e. The SMILES string of the molecule is CCCNCCC(C)CCc1ccc(OC)cc1Cl. The van der Waals surface area contributed by atoms with Crippen LogP contribution in [0.25, 0.3) is 0 Å². The van der Waals surface area contributed by atoms with Crippen LogP contribution in [0.4, 0.5) is 0 Å². The second-order valence-electron chi connectivity index (χ2n) is 5.14. The van der Waals surface area contributed by atoms with Gasteiger partial charge in [0.05, 0.1) is 7.11 Å². The minimum atomic E-state index is 0.725. The Kier molecular flexibility index (Phi) is 7.92. The minimum absolute atomic E-state index is 0.725. The summed E-state index contributed by atoms with van der Waals surface area (Å²) < 4.78 is 5.16. The molecular formula is C16H26ClNO. The third-order valence-electron chi connectivity index (χ3n) is 3.41. The van der Waals surface area contributed by atoms with Crippen molar-refractivity contribution < 1.29 is 4.74 Å². The molecule has 1 atom stereocenters. The van der Waals surface area contributed by atoms with Gasteiger partial charge in [0.15, 0.2) is 0 Å². The van der Waals surface area contributed by atoms with Crippen LogP contribution in [-0.2, 0) is 6.42 Å². The molecule has 19 heavy (non-hydrogen) atoms. The number of methoxy groups -OCH3 is 1. The van der Waals surface area contributed by atoms with Gasteiger partial charge in [0.2, 0.25) is 0 Å². The van der Waals surface area contributed by atoms with Crippen LogP contribution in [0.2, 0.25) is 5.02 Å². The van der Waals surface area contributed by atoms with E-state index >= 15 is 0 Å². The number of hydrogen-bond acceptors (Lipinski definition) is 2. The predicted octanol–water partition coefficient (Wildman–Crippen LogP) is 4.31. The molecule has 0 bridgehead atoms. The molecule has 1 rings (SSSR count). The summed E-state index contributed by atoms with van der Waals surface area (Å²) in [5.41, 5.74) is 1.22. The fourth-order valence-corrected chi connectivity index (χ4v) is 2.32. The van der Waals surface area contributed by atoms with Crippen molar-refractivity contribution in [1.29, 1.82) is 0 Å². The maximum absolute atomic E-state index is 6.24. The van der Waals surface area contributed by atoms with Gasteiger partial charge in [-0.2, -0.15) is 0 Å². The molecule has 0 spiro atoms. The molecule has 0 heterocycles. The summed E-state index contributed by atoms with van der Waals surface area (Å²) in [5.74, 6) is 1.55. The van der Waals surface area contributed by atoms with E-state index in [2.05, 4.69) is 25.2 Å². The number of halogens is 1. The molecule has 0 aliphatic carbocycles. The highest BCUT2D eigenvalue weighted by Crippen LogP contribution is 2.24. The van der Waals surface area contributed by atoms with Gasteiger partial charge >= 0.3 is 0 Å². The number of hydrogen-bond donors (Lipinski definition) is 1. The van der Waals surface area contributed by atoms with Gasteiger partial charge in [-0.3, -0.25) is 0 Å². The summed E-state index contributed by atoms with van der Waals surface area (Å²) >= 11 is 6.24. The molecule has 1 unspecified atom stereocenters. The van der Waals surface area contributed by atoms with Gasteiger partial charge in [0.1, 0.15) is 5.75 Å². The fraction of sp³-hybridized carbons (Fsp3) is 0.625. The molecule has 0 aliphatic heterocycles. The summed E-state index contributed by atoms with van der Waals surface area (Å²) in [6.07, 6.45) is 4.65. The van der Waals surface area contributed by atoms with Crippen molar-refractivity contribution in [2.45, 2.75) is 39.5 Å². The zero-order valence-electron chi connectivity index (χ0n) is 12.3. The molecule has 2 nitrogen and oxygen atoms in total. The van der Waals surface area contributed by atoms with E-state index in [9.17, 15) is 0 Å². The van der Waals surface area contributed by atoms with Gasteiger partial charge in [-0.05, 0) is 62.4 Å². The number of benzene rings is 1. The van der Waals surface area contributed by atoms with Gasteiger partial charge in [-0.1, -0.05) is 31.5 Å². The first-order valence-electron chi connectivity index (χ1n) is 7.20. The molecule has 108 valence electrons. The first kappa shape index (κ1) is 16.3. The average molecular weight is 284 g/mol. The van der Waals surface area contributed by atoms with E-state index in [-0.39, 0.29) is 0 Å². The molecule has 0 saturated heterocycles. The lowest BCUT2D eigenvalue weighted by atomic mass is 9.98. The van der Waals surface area contributed by atoms with E-state index in [0.717, 1.165) is 36.2 Å². The van der Waals surface area contributed by atoms with Crippen molar-refractivity contribution in [1.82, 2.24) is 5.32 Å². The fourth-order valence-electron chi connectivity index (χ4n) is 2.05. The van der Waals surface area contributed by atoms with Gasteiger partial charge < -0.3 is 10.1 Å². The molecule has 1 N–H and O–H groups in total. The van der Waals surface area contributed by atoms with Gasteiger partial charge in [0.25, 0.3) is 0 Å². The first-order valence-corrected chi connectivity index (χ1v) is 7.58. The summed E-state index contributed by atoms with van der Waals surface area (Å²) in [4.78, 5) is 0. The normalized spacial score (nSPS) is 12.4. The number of rotatable bonds is 9. The molecule has 0 aromatic heterocycles. The van der Waals surface area contributed by atoms with Crippen molar-refractivity contribution in [3.05, 3.63) is 28.8 Å². The van der Waals surface area contributed by atoms with E-state index in [1.165, 1.54) is 24.8 Å². The lowest BCUT2D eigenvalue weighted by Crippen LogP contribution is -2.18. The van der Waals surface area contributed by atoms with Crippen LogP contribution in [0.3, 0.4) is 0 Å². The Morgan fingerprint density at radius 2 is 2.05 bits per heavy atom. The summed E-state index contributed by atoms with van der Waals surface area (Å²) in [5, 5.41) is 4.26. The summed E-state index contributed by atoms with van der Waals surface area (Å²) in [7, 11) is 1.66. The Bertz CT molecular complexity index is 368. The van der Waals surface area contributed by atoms with E-state index < -0.39 is 0 Å². The number of nitrogens with one attached hydrogen (secondary N) is 1. The Hall–Kier alpha value is -0.730. The standard InChI is InChI=1S/C16H26ClNO/c1-4-10-18-11-9-13(2)5-6-14-7-8-15(19-3)12-16(14)17/h7-8,12-13,18H,4-6,9-11H2,1-3H3. The zero-order valence-corrected chi connectivity index (χ0v) is 13.1. The number of aryl methyl sites for hydroxylation is 1. The van der Waals surface area contributed by atoms with Crippen LogP contribution in [0.15, 0.2) is 18.2 Å². The second-order valence-corrected chi connectivity index (χ2v) is 5.55.